The lowest BCUT2D eigenvalue weighted by Gasteiger charge is -2.32. The number of methoxy groups -OCH3 is 1. The van der Waals surface area contributed by atoms with Gasteiger partial charge in [0.05, 0.1) is 18.2 Å². The van der Waals surface area contributed by atoms with Crippen LogP contribution in [-0.4, -0.2) is 83.8 Å². The van der Waals surface area contributed by atoms with Crippen molar-refractivity contribution >= 4 is 41.7 Å². The van der Waals surface area contributed by atoms with Gasteiger partial charge in [0, 0.05) is 45.0 Å². The average molecular weight is 546 g/mol. The van der Waals surface area contributed by atoms with Crippen molar-refractivity contribution in [3.63, 3.8) is 0 Å². The Morgan fingerprint density at radius 2 is 1.92 bits per heavy atom. The van der Waals surface area contributed by atoms with Gasteiger partial charge < -0.3 is 30.3 Å². The van der Waals surface area contributed by atoms with Crippen LogP contribution >= 0.6 is 11.6 Å². The lowest BCUT2D eigenvalue weighted by molar-refractivity contribution is -0.118. The molecule has 1 aromatic heterocycles. The molecule has 0 spiro atoms. The third-order valence-corrected chi connectivity index (χ3v) is 7.00. The highest BCUT2D eigenvalue weighted by molar-refractivity contribution is 6.32. The highest BCUT2D eigenvalue weighted by atomic mass is 35.5. The molecule has 4 amide bonds. The highest BCUT2D eigenvalue weighted by Crippen LogP contribution is 2.26. The predicted molar refractivity (Wildman–Crippen MR) is 141 cm³/mol. The normalized spacial score (nSPS) is 19.4. The highest BCUT2D eigenvalue weighted by Gasteiger charge is 2.24. The minimum atomic E-state index is -0.647. The molecular formula is C25H32ClN7O5. The van der Waals surface area contributed by atoms with Gasteiger partial charge >= 0.3 is 6.03 Å². The van der Waals surface area contributed by atoms with E-state index in [0.717, 1.165) is 12.0 Å². The van der Waals surface area contributed by atoms with Gasteiger partial charge in [-0.3, -0.25) is 14.9 Å². The summed E-state index contributed by atoms with van der Waals surface area (Å²) in [5, 5.41) is 18.4. The number of halogens is 1. The molecule has 4 N–H and O–H groups in total. The standard InChI is InChI=1S/C25H32ClN7O5/c1-38-21-7-2-16(12-20(21)26)13-27-22-19(14-28-24(30-22)33-10-8-32(15-34)9-11-33)23(36)31-25(37)29-17-3-5-18(35)6-4-17/h2,7,12,14-15,17-18,35H,3-6,8-11,13H2,1H3,(H,27,28,30)(H2,29,31,36,37). The lowest BCUT2D eigenvalue weighted by atomic mass is 9.93. The summed E-state index contributed by atoms with van der Waals surface area (Å²) in [6.07, 6.45) is 4.38. The van der Waals surface area contributed by atoms with Crippen LogP contribution in [0.5, 0.6) is 5.75 Å². The van der Waals surface area contributed by atoms with E-state index in [0.29, 0.717) is 75.1 Å². The van der Waals surface area contributed by atoms with E-state index in [9.17, 15) is 19.5 Å². The van der Waals surface area contributed by atoms with Crippen molar-refractivity contribution in [2.24, 2.45) is 0 Å². The van der Waals surface area contributed by atoms with Crippen LogP contribution in [0.15, 0.2) is 24.4 Å². The molecule has 1 aliphatic heterocycles. The Labute approximate surface area is 225 Å². The van der Waals surface area contributed by atoms with Gasteiger partial charge in [-0.05, 0) is 43.4 Å². The number of piperazine rings is 1. The summed E-state index contributed by atoms with van der Waals surface area (Å²) in [5.41, 5.74) is 0.938. The van der Waals surface area contributed by atoms with Crippen molar-refractivity contribution < 1.29 is 24.2 Å². The Bertz CT molecular complexity index is 1150. The van der Waals surface area contributed by atoms with Crippen molar-refractivity contribution in [1.82, 2.24) is 25.5 Å². The van der Waals surface area contributed by atoms with Gasteiger partial charge in [-0.1, -0.05) is 17.7 Å². The number of aromatic nitrogens is 2. The second-order valence-electron chi connectivity index (χ2n) is 9.32. The lowest BCUT2D eigenvalue weighted by Crippen LogP contribution is -2.47. The SMILES string of the molecule is COc1ccc(CNc2nc(N3CCN(C=O)CC3)ncc2C(=O)NC(=O)NC2CCC(O)CC2)cc1Cl. The fraction of sp³-hybridized carbons (Fsp3) is 0.480. The first-order valence-electron chi connectivity index (χ1n) is 12.5. The van der Waals surface area contributed by atoms with E-state index in [4.69, 9.17) is 16.3 Å². The van der Waals surface area contributed by atoms with Crippen molar-refractivity contribution in [2.45, 2.75) is 44.4 Å². The molecule has 13 heteroatoms. The van der Waals surface area contributed by atoms with Crippen LogP contribution < -0.4 is 25.6 Å². The van der Waals surface area contributed by atoms with Crippen LogP contribution in [0.25, 0.3) is 0 Å². The zero-order valence-electron chi connectivity index (χ0n) is 21.2. The van der Waals surface area contributed by atoms with E-state index in [1.165, 1.54) is 13.3 Å². The Morgan fingerprint density at radius 1 is 1.18 bits per heavy atom. The maximum atomic E-state index is 13.1. The fourth-order valence-electron chi connectivity index (χ4n) is 4.47. The first-order chi connectivity index (χ1) is 18.4. The molecule has 0 bridgehead atoms. The van der Waals surface area contributed by atoms with E-state index in [1.54, 1.807) is 17.0 Å². The number of imide groups is 1. The monoisotopic (exact) mass is 545 g/mol. The van der Waals surface area contributed by atoms with E-state index in [-0.39, 0.29) is 23.5 Å². The van der Waals surface area contributed by atoms with Gasteiger partial charge in [0.15, 0.2) is 0 Å². The molecule has 0 unspecified atom stereocenters. The molecule has 1 saturated heterocycles. The zero-order valence-corrected chi connectivity index (χ0v) is 21.9. The van der Waals surface area contributed by atoms with Gasteiger partial charge in [0.1, 0.15) is 17.1 Å². The van der Waals surface area contributed by atoms with Gasteiger partial charge in [0.25, 0.3) is 5.91 Å². The smallest absolute Gasteiger partial charge is 0.321 e. The molecule has 2 aliphatic rings. The van der Waals surface area contributed by atoms with E-state index >= 15 is 0 Å². The number of aliphatic hydroxyl groups excluding tert-OH is 1. The summed E-state index contributed by atoms with van der Waals surface area (Å²) < 4.78 is 5.20. The molecule has 4 rings (SSSR count). The molecule has 0 radical (unpaired) electrons. The van der Waals surface area contributed by atoms with E-state index < -0.39 is 11.9 Å². The molecule has 1 aliphatic carbocycles. The van der Waals surface area contributed by atoms with Crippen LogP contribution in [0.1, 0.15) is 41.6 Å². The van der Waals surface area contributed by atoms with Gasteiger partial charge in [-0.25, -0.2) is 9.78 Å². The summed E-state index contributed by atoms with van der Waals surface area (Å²) in [6.45, 7) is 2.49. The largest absolute Gasteiger partial charge is 0.495 e. The number of benzene rings is 1. The second-order valence-corrected chi connectivity index (χ2v) is 9.72. The quantitative estimate of drug-likeness (QED) is 0.364. The first kappa shape index (κ1) is 27.4. The third kappa shape index (κ3) is 7.01. The summed E-state index contributed by atoms with van der Waals surface area (Å²) in [4.78, 5) is 49.2. The minimum absolute atomic E-state index is 0.104. The second kappa shape index (κ2) is 12.7. The maximum absolute atomic E-state index is 13.1. The Balaban J connectivity index is 1.49. The van der Waals surface area contributed by atoms with Crippen LogP contribution in [0.2, 0.25) is 5.02 Å². The molecular weight excluding hydrogens is 514 g/mol. The Kier molecular flexibility index (Phi) is 9.19. The Hall–Kier alpha value is -3.64. The number of anilines is 2. The van der Waals surface area contributed by atoms with Crippen molar-refractivity contribution in [1.29, 1.82) is 0 Å². The number of carbonyl (C=O) groups excluding carboxylic acids is 3. The molecule has 204 valence electrons. The van der Waals surface area contributed by atoms with Crippen LogP contribution in [0.3, 0.4) is 0 Å². The number of urea groups is 1. The third-order valence-electron chi connectivity index (χ3n) is 6.70. The van der Waals surface area contributed by atoms with E-state index in [1.807, 2.05) is 11.0 Å². The van der Waals surface area contributed by atoms with Gasteiger partial charge in [-0.15, -0.1) is 0 Å². The summed E-state index contributed by atoms with van der Waals surface area (Å²) in [7, 11) is 1.54. The average Bonchev–Trinajstić information content (AvgIpc) is 2.93. The van der Waals surface area contributed by atoms with Crippen LogP contribution in [0, 0.1) is 0 Å². The molecule has 1 aromatic carbocycles. The summed E-state index contributed by atoms with van der Waals surface area (Å²) in [6, 6.07) is 4.62. The minimum Gasteiger partial charge on any atom is -0.495 e. The molecule has 2 aromatic rings. The van der Waals surface area contributed by atoms with Gasteiger partial charge in [-0.2, -0.15) is 4.98 Å². The molecule has 2 heterocycles. The maximum Gasteiger partial charge on any atom is 0.321 e. The van der Waals surface area contributed by atoms with Crippen molar-refractivity contribution in [3.8, 4) is 5.75 Å². The predicted octanol–water partition coefficient (Wildman–Crippen LogP) is 1.77. The molecule has 1 saturated carbocycles. The number of hydrogen-bond acceptors (Lipinski definition) is 9. The Morgan fingerprint density at radius 3 is 2.58 bits per heavy atom. The fourth-order valence-corrected chi connectivity index (χ4v) is 4.75. The first-order valence-corrected chi connectivity index (χ1v) is 12.9. The number of ether oxygens (including phenoxy) is 1. The number of nitrogens with one attached hydrogen (secondary N) is 3. The van der Waals surface area contributed by atoms with Gasteiger partial charge in [0.2, 0.25) is 12.4 Å². The van der Waals surface area contributed by atoms with Crippen molar-refractivity contribution in [2.75, 3.05) is 43.5 Å². The van der Waals surface area contributed by atoms with Crippen LogP contribution in [0.4, 0.5) is 16.6 Å². The number of carbonyl (C=O) groups is 3. The molecule has 38 heavy (non-hydrogen) atoms. The van der Waals surface area contributed by atoms with E-state index in [2.05, 4.69) is 25.9 Å². The molecule has 0 atom stereocenters. The summed E-state index contributed by atoms with van der Waals surface area (Å²) in [5.74, 6) is 0.567. The number of amides is 4. The van der Waals surface area contributed by atoms with Crippen molar-refractivity contribution in [3.05, 3.63) is 40.5 Å². The number of nitrogens with zero attached hydrogens (tertiary/aromatic N) is 4. The van der Waals surface area contributed by atoms with Crippen LogP contribution in [-0.2, 0) is 11.3 Å². The summed E-state index contributed by atoms with van der Waals surface area (Å²) >= 11 is 6.25. The number of hydrogen-bond donors (Lipinski definition) is 4. The number of aliphatic hydroxyl groups is 1. The molecule has 12 nitrogen and oxygen atoms in total. The topological polar surface area (TPSA) is 149 Å². The molecule has 2 fully saturated rings. The number of rotatable bonds is 8. The zero-order chi connectivity index (χ0) is 27.1.